The molecule has 0 bridgehead atoms. The molecule has 0 heterocycles. The highest BCUT2D eigenvalue weighted by Crippen LogP contribution is 1.95. The lowest BCUT2D eigenvalue weighted by molar-refractivity contribution is 0.501. The second-order valence-corrected chi connectivity index (χ2v) is 5.38. The largest absolute Gasteiger partial charge is 0.393 e. The Morgan fingerprint density at radius 1 is 1.62 bits per heavy atom. The van der Waals surface area contributed by atoms with E-state index in [-0.39, 0.29) is 12.5 Å². The third kappa shape index (κ3) is 4.51. The van der Waals surface area contributed by atoms with Crippen molar-refractivity contribution in [3.63, 3.8) is 0 Å². The molecule has 78 valence electrons. The van der Waals surface area contributed by atoms with Crippen molar-refractivity contribution in [2.45, 2.75) is 6.92 Å². The highest BCUT2D eigenvalue weighted by atomic mass is 32.2. The summed E-state index contributed by atoms with van der Waals surface area (Å²) in [6.07, 6.45) is 0. The molecule has 7 heteroatoms. The molecule has 0 aliphatic carbocycles. The van der Waals surface area contributed by atoms with Crippen LogP contribution in [-0.2, 0) is 10.2 Å². The summed E-state index contributed by atoms with van der Waals surface area (Å²) >= 11 is 4.70. The number of rotatable bonds is 5. The van der Waals surface area contributed by atoms with E-state index >= 15 is 0 Å². The summed E-state index contributed by atoms with van der Waals surface area (Å²) in [5, 5.41) is 0. The summed E-state index contributed by atoms with van der Waals surface area (Å²) in [5.41, 5.74) is 5.32. The topological polar surface area (TPSA) is 75.4 Å². The number of hydrogen-bond acceptors (Lipinski definition) is 3. The van der Waals surface area contributed by atoms with E-state index in [1.54, 1.807) is 6.92 Å². The van der Waals surface area contributed by atoms with Crippen molar-refractivity contribution in [3.05, 3.63) is 0 Å². The number of nitrogens with two attached hydrogens (primary N) is 1. The Morgan fingerprint density at radius 2 is 2.08 bits per heavy atom. The average molecular weight is 225 g/mol. The van der Waals surface area contributed by atoms with E-state index in [1.807, 2.05) is 0 Å². The zero-order valence-corrected chi connectivity index (χ0v) is 9.58. The molecule has 1 unspecified atom stereocenters. The van der Waals surface area contributed by atoms with Crippen molar-refractivity contribution in [3.8, 4) is 0 Å². The summed E-state index contributed by atoms with van der Waals surface area (Å²) in [4.78, 5) is 0.307. The molecule has 0 amide bonds. The molecule has 0 aromatic heterocycles. The van der Waals surface area contributed by atoms with Gasteiger partial charge in [0.1, 0.15) is 0 Å². The smallest absolute Gasteiger partial charge is 0.278 e. The first-order valence-electron chi connectivity index (χ1n) is 3.74. The Hall–Kier alpha value is -0.240. The van der Waals surface area contributed by atoms with Gasteiger partial charge < -0.3 is 5.73 Å². The lowest BCUT2D eigenvalue weighted by Crippen LogP contribution is -2.40. The number of nitrogens with zero attached hydrogens (tertiary/aromatic N) is 1. The minimum Gasteiger partial charge on any atom is -0.393 e. The molecule has 0 fully saturated rings. The maximum Gasteiger partial charge on any atom is 0.278 e. The summed E-state index contributed by atoms with van der Waals surface area (Å²) < 4.78 is 25.8. The normalized spacial score (nSPS) is 14.5. The molecule has 5 nitrogen and oxygen atoms in total. The van der Waals surface area contributed by atoms with Crippen LogP contribution in [0.1, 0.15) is 6.92 Å². The monoisotopic (exact) mass is 225 g/mol. The molecule has 0 aromatic rings. The van der Waals surface area contributed by atoms with E-state index in [0.717, 1.165) is 4.31 Å². The van der Waals surface area contributed by atoms with Gasteiger partial charge in [0.15, 0.2) is 0 Å². The van der Waals surface area contributed by atoms with Crippen LogP contribution in [0.25, 0.3) is 0 Å². The summed E-state index contributed by atoms with van der Waals surface area (Å²) in [6.45, 7) is 2.00. The fraction of sp³-hybridized carbons (Fsp3) is 0.833. The fourth-order valence-electron chi connectivity index (χ4n) is 0.460. The van der Waals surface area contributed by atoms with Crippen LogP contribution >= 0.6 is 12.2 Å². The van der Waals surface area contributed by atoms with Crippen LogP contribution in [0.2, 0.25) is 0 Å². The molecule has 0 saturated heterocycles. The Labute approximate surface area is 84.5 Å². The van der Waals surface area contributed by atoms with Crippen LogP contribution in [0, 0.1) is 5.92 Å². The van der Waals surface area contributed by atoms with Gasteiger partial charge in [-0.05, 0) is 0 Å². The third-order valence-electron chi connectivity index (χ3n) is 1.54. The Morgan fingerprint density at radius 3 is 2.38 bits per heavy atom. The predicted molar refractivity (Wildman–Crippen MR) is 56.6 cm³/mol. The number of hydrogen-bond donors (Lipinski definition) is 2. The van der Waals surface area contributed by atoms with Gasteiger partial charge in [-0.25, -0.2) is 4.72 Å². The molecule has 0 radical (unpaired) electrons. The highest BCUT2D eigenvalue weighted by Gasteiger charge is 2.14. The van der Waals surface area contributed by atoms with Gasteiger partial charge >= 0.3 is 0 Å². The summed E-state index contributed by atoms with van der Waals surface area (Å²) in [7, 11) is -0.454. The van der Waals surface area contributed by atoms with Crippen molar-refractivity contribution in [1.82, 2.24) is 9.03 Å². The molecular formula is C6H15N3O2S2. The van der Waals surface area contributed by atoms with Gasteiger partial charge in [0.2, 0.25) is 0 Å². The molecule has 0 rings (SSSR count). The third-order valence-corrected chi connectivity index (χ3v) is 3.43. The summed E-state index contributed by atoms with van der Waals surface area (Å²) in [6, 6.07) is 0. The van der Waals surface area contributed by atoms with Crippen molar-refractivity contribution in [2.24, 2.45) is 11.7 Å². The zero-order valence-electron chi connectivity index (χ0n) is 7.94. The minimum absolute atomic E-state index is 0.135. The molecule has 0 aliphatic heterocycles. The highest BCUT2D eigenvalue weighted by molar-refractivity contribution is 7.87. The first-order chi connectivity index (χ1) is 5.77. The van der Waals surface area contributed by atoms with Gasteiger partial charge in [-0.15, -0.1) is 0 Å². The van der Waals surface area contributed by atoms with Gasteiger partial charge in [-0.2, -0.15) is 12.7 Å². The SMILES string of the molecule is CC(CNS(=O)(=O)N(C)C)C(N)=S. The number of thiocarbonyl (C=S) groups is 1. The standard InChI is InChI=1S/C6H15N3O2S2/c1-5(6(7)12)4-8-13(10,11)9(2)3/h5,8H,4H2,1-3H3,(H2,7,12). The van der Waals surface area contributed by atoms with E-state index in [2.05, 4.69) is 4.72 Å². The van der Waals surface area contributed by atoms with E-state index in [1.165, 1.54) is 14.1 Å². The lowest BCUT2D eigenvalue weighted by atomic mass is 10.2. The van der Waals surface area contributed by atoms with Crippen LogP contribution in [0.4, 0.5) is 0 Å². The van der Waals surface area contributed by atoms with Gasteiger partial charge in [0.25, 0.3) is 10.2 Å². The van der Waals surface area contributed by atoms with E-state index < -0.39 is 10.2 Å². The second-order valence-electron chi connectivity index (χ2n) is 2.94. The summed E-state index contributed by atoms with van der Waals surface area (Å²) in [5.74, 6) is -0.135. The van der Waals surface area contributed by atoms with E-state index in [0.29, 0.717) is 4.99 Å². The first-order valence-corrected chi connectivity index (χ1v) is 5.58. The van der Waals surface area contributed by atoms with Crippen LogP contribution < -0.4 is 10.5 Å². The van der Waals surface area contributed by atoms with Gasteiger partial charge in [-0.3, -0.25) is 0 Å². The fourth-order valence-corrected chi connectivity index (χ4v) is 1.26. The quantitative estimate of drug-likeness (QED) is 0.607. The second kappa shape index (κ2) is 4.85. The lowest BCUT2D eigenvalue weighted by Gasteiger charge is -2.15. The Bertz CT molecular complexity index is 274. The molecule has 0 aliphatic rings. The molecular weight excluding hydrogens is 210 g/mol. The van der Waals surface area contributed by atoms with Crippen molar-refractivity contribution >= 4 is 27.4 Å². The van der Waals surface area contributed by atoms with Crippen molar-refractivity contribution in [2.75, 3.05) is 20.6 Å². The minimum atomic E-state index is -3.36. The van der Waals surface area contributed by atoms with E-state index in [4.69, 9.17) is 18.0 Å². The Balaban J connectivity index is 4.11. The predicted octanol–water partition coefficient (Wildman–Crippen LogP) is -0.695. The van der Waals surface area contributed by atoms with Crippen LogP contribution in [0.5, 0.6) is 0 Å². The average Bonchev–Trinajstić information content (AvgIpc) is 1.99. The van der Waals surface area contributed by atoms with Crippen molar-refractivity contribution < 1.29 is 8.42 Å². The van der Waals surface area contributed by atoms with Crippen molar-refractivity contribution in [1.29, 1.82) is 0 Å². The van der Waals surface area contributed by atoms with Gasteiger partial charge in [0.05, 0.1) is 4.99 Å². The van der Waals surface area contributed by atoms with Crippen LogP contribution in [-0.4, -0.2) is 38.4 Å². The molecule has 0 spiro atoms. The Kier molecular flexibility index (Phi) is 4.76. The number of nitrogens with one attached hydrogen (secondary N) is 1. The molecule has 1 atom stereocenters. The van der Waals surface area contributed by atoms with E-state index in [9.17, 15) is 8.42 Å². The van der Waals surface area contributed by atoms with Gasteiger partial charge in [0, 0.05) is 26.6 Å². The molecule has 0 aromatic carbocycles. The van der Waals surface area contributed by atoms with Crippen LogP contribution in [0.3, 0.4) is 0 Å². The zero-order chi connectivity index (χ0) is 10.6. The van der Waals surface area contributed by atoms with Gasteiger partial charge in [-0.1, -0.05) is 19.1 Å². The molecule has 13 heavy (non-hydrogen) atoms. The molecule has 0 saturated carbocycles. The maximum absolute atomic E-state index is 11.2. The van der Waals surface area contributed by atoms with Crippen LogP contribution in [0.15, 0.2) is 0 Å². The molecule has 3 N–H and O–H groups in total. The first kappa shape index (κ1) is 12.8. The maximum atomic E-state index is 11.2.